The monoisotopic (exact) mass is 196 g/mol. The first-order chi connectivity index (χ1) is 6.74. The third-order valence-electron chi connectivity index (χ3n) is 2.88. The molecule has 0 aromatic heterocycles. The molecule has 0 amide bonds. The number of carboxylic acids is 1. The normalized spacial score (nSPS) is 19.6. The number of aliphatic carboxylic acids is 1. The maximum Gasteiger partial charge on any atom is 0.331 e. The van der Waals surface area contributed by atoms with Crippen molar-refractivity contribution in [2.45, 2.75) is 51.9 Å². The van der Waals surface area contributed by atoms with E-state index in [0.717, 1.165) is 6.42 Å². The minimum Gasteiger partial charge on any atom is -0.478 e. The van der Waals surface area contributed by atoms with Gasteiger partial charge < -0.3 is 5.11 Å². The molecule has 0 unspecified atom stereocenters. The first-order valence-electron chi connectivity index (χ1n) is 5.68. The van der Waals surface area contributed by atoms with Crippen molar-refractivity contribution < 1.29 is 9.90 Å². The highest BCUT2D eigenvalue weighted by Crippen LogP contribution is 2.26. The van der Waals surface area contributed by atoms with Gasteiger partial charge in [0, 0.05) is 5.57 Å². The number of rotatable bonds is 4. The highest BCUT2D eigenvalue weighted by Gasteiger charge is 2.14. The molecule has 0 spiro atoms. The van der Waals surface area contributed by atoms with E-state index in [9.17, 15) is 4.79 Å². The van der Waals surface area contributed by atoms with Gasteiger partial charge in [-0.1, -0.05) is 38.7 Å². The zero-order valence-corrected chi connectivity index (χ0v) is 8.96. The molecule has 0 heterocycles. The molecule has 1 aliphatic rings. The van der Waals surface area contributed by atoms with Crippen LogP contribution in [0.3, 0.4) is 0 Å². The fourth-order valence-corrected chi connectivity index (χ4v) is 2.12. The minimum absolute atomic E-state index is 0.529. The summed E-state index contributed by atoms with van der Waals surface area (Å²) >= 11 is 0. The maximum absolute atomic E-state index is 10.9. The Morgan fingerprint density at radius 2 is 2.00 bits per heavy atom. The summed E-state index contributed by atoms with van der Waals surface area (Å²) in [7, 11) is 0. The number of allylic oxidation sites excluding steroid dienone is 1. The Hall–Kier alpha value is -0.790. The Morgan fingerprint density at radius 3 is 2.50 bits per heavy atom. The van der Waals surface area contributed by atoms with Crippen LogP contribution in [-0.4, -0.2) is 11.1 Å². The van der Waals surface area contributed by atoms with Gasteiger partial charge in [-0.2, -0.15) is 0 Å². The molecule has 1 rings (SSSR count). The van der Waals surface area contributed by atoms with Crippen LogP contribution in [0.4, 0.5) is 0 Å². The first kappa shape index (κ1) is 11.3. The molecule has 1 saturated carbocycles. The van der Waals surface area contributed by atoms with Gasteiger partial charge in [-0.3, -0.25) is 0 Å². The summed E-state index contributed by atoms with van der Waals surface area (Å²) in [5, 5.41) is 8.97. The molecule has 2 heteroatoms. The summed E-state index contributed by atoms with van der Waals surface area (Å²) in [6.07, 6.45) is 9.85. The molecule has 0 bridgehead atoms. The Labute approximate surface area is 86.0 Å². The van der Waals surface area contributed by atoms with Gasteiger partial charge in [0.05, 0.1) is 0 Å². The molecular formula is C12H20O2. The predicted octanol–water partition coefficient (Wildman–Crippen LogP) is 3.38. The van der Waals surface area contributed by atoms with Crippen molar-refractivity contribution in [2.75, 3.05) is 0 Å². The molecule has 1 aliphatic carbocycles. The molecule has 0 aliphatic heterocycles. The number of carbonyl (C=O) groups is 1. The molecule has 0 atom stereocenters. The molecule has 1 N–H and O–H groups in total. The molecule has 0 aromatic carbocycles. The molecule has 0 aromatic rings. The first-order valence-corrected chi connectivity index (χ1v) is 5.68. The minimum atomic E-state index is -0.725. The van der Waals surface area contributed by atoms with Gasteiger partial charge in [0.15, 0.2) is 0 Å². The summed E-state index contributed by atoms with van der Waals surface area (Å²) in [4.78, 5) is 10.9. The van der Waals surface area contributed by atoms with E-state index < -0.39 is 5.97 Å². The molecule has 14 heavy (non-hydrogen) atoms. The predicted molar refractivity (Wildman–Crippen MR) is 57.2 cm³/mol. The Morgan fingerprint density at radius 1 is 1.36 bits per heavy atom. The standard InChI is InChI=1S/C12H20O2/c1-2-6-11(12(13)14)9-10-7-4-3-5-8-10/h9-10H,2-8H2,1H3,(H,13,14). The largest absolute Gasteiger partial charge is 0.478 e. The molecule has 1 fully saturated rings. The van der Waals surface area contributed by atoms with E-state index in [2.05, 4.69) is 0 Å². The zero-order chi connectivity index (χ0) is 10.4. The maximum atomic E-state index is 10.9. The van der Waals surface area contributed by atoms with Crippen molar-refractivity contribution >= 4 is 5.97 Å². The van der Waals surface area contributed by atoms with Gasteiger partial charge in [0.25, 0.3) is 0 Å². The van der Waals surface area contributed by atoms with Gasteiger partial charge in [0.2, 0.25) is 0 Å². The highest BCUT2D eigenvalue weighted by molar-refractivity contribution is 5.86. The quantitative estimate of drug-likeness (QED) is 0.700. The van der Waals surface area contributed by atoms with Crippen LogP contribution in [0.5, 0.6) is 0 Å². The summed E-state index contributed by atoms with van der Waals surface area (Å²) in [6, 6.07) is 0. The van der Waals surface area contributed by atoms with E-state index in [0.29, 0.717) is 17.9 Å². The van der Waals surface area contributed by atoms with Crippen LogP contribution >= 0.6 is 0 Å². The van der Waals surface area contributed by atoms with E-state index >= 15 is 0 Å². The second-order valence-corrected chi connectivity index (χ2v) is 4.15. The average molecular weight is 196 g/mol. The number of hydrogen-bond acceptors (Lipinski definition) is 1. The fourth-order valence-electron chi connectivity index (χ4n) is 2.12. The average Bonchev–Trinajstić information content (AvgIpc) is 2.18. The second-order valence-electron chi connectivity index (χ2n) is 4.15. The molecule has 2 nitrogen and oxygen atoms in total. The summed E-state index contributed by atoms with van der Waals surface area (Å²) < 4.78 is 0. The lowest BCUT2D eigenvalue weighted by Crippen LogP contribution is -2.08. The van der Waals surface area contributed by atoms with E-state index in [1.54, 1.807) is 0 Å². The van der Waals surface area contributed by atoms with Gasteiger partial charge in [-0.15, -0.1) is 0 Å². The van der Waals surface area contributed by atoms with E-state index in [1.165, 1.54) is 32.1 Å². The van der Waals surface area contributed by atoms with Crippen molar-refractivity contribution in [3.8, 4) is 0 Å². The van der Waals surface area contributed by atoms with Gasteiger partial charge in [-0.05, 0) is 25.2 Å². The van der Waals surface area contributed by atoms with Crippen LogP contribution in [-0.2, 0) is 4.79 Å². The van der Waals surface area contributed by atoms with E-state index in [4.69, 9.17) is 5.11 Å². The summed E-state index contributed by atoms with van der Waals surface area (Å²) in [5.74, 6) is -0.196. The van der Waals surface area contributed by atoms with Crippen LogP contribution in [0.25, 0.3) is 0 Å². The lowest BCUT2D eigenvalue weighted by molar-refractivity contribution is -0.132. The molecule has 0 saturated heterocycles. The number of carboxylic acid groups (broad SMARTS) is 1. The lowest BCUT2D eigenvalue weighted by atomic mass is 9.87. The Kier molecular flexibility index (Phi) is 4.71. The summed E-state index contributed by atoms with van der Waals surface area (Å²) in [5.41, 5.74) is 0.624. The Balaban J connectivity index is 2.55. The van der Waals surface area contributed by atoms with Gasteiger partial charge in [-0.25, -0.2) is 4.79 Å². The van der Waals surface area contributed by atoms with Crippen LogP contribution in [0.2, 0.25) is 0 Å². The molecular weight excluding hydrogens is 176 g/mol. The smallest absolute Gasteiger partial charge is 0.331 e. The summed E-state index contributed by atoms with van der Waals surface area (Å²) in [6.45, 7) is 2.03. The van der Waals surface area contributed by atoms with Crippen LogP contribution in [0.15, 0.2) is 11.6 Å². The van der Waals surface area contributed by atoms with Gasteiger partial charge >= 0.3 is 5.97 Å². The Bertz CT molecular complexity index is 212. The van der Waals surface area contributed by atoms with Crippen molar-refractivity contribution in [3.05, 3.63) is 11.6 Å². The van der Waals surface area contributed by atoms with Crippen molar-refractivity contribution in [1.82, 2.24) is 0 Å². The topological polar surface area (TPSA) is 37.3 Å². The van der Waals surface area contributed by atoms with Crippen molar-refractivity contribution in [2.24, 2.45) is 5.92 Å². The lowest BCUT2D eigenvalue weighted by Gasteiger charge is -2.18. The van der Waals surface area contributed by atoms with E-state index in [1.807, 2.05) is 13.0 Å². The van der Waals surface area contributed by atoms with Crippen LogP contribution in [0, 0.1) is 5.92 Å². The van der Waals surface area contributed by atoms with Gasteiger partial charge in [0.1, 0.15) is 0 Å². The van der Waals surface area contributed by atoms with Crippen molar-refractivity contribution in [3.63, 3.8) is 0 Å². The third-order valence-corrected chi connectivity index (χ3v) is 2.88. The second kappa shape index (κ2) is 5.84. The molecule has 80 valence electrons. The number of hydrogen-bond donors (Lipinski definition) is 1. The fraction of sp³-hybridized carbons (Fsp3) is 0.750. The van der Waals surface area contributed by atoms with Crippen LogP contribution < -0.4 is 0 Å². The van der Waals surface area contributed by atoms with E-state index in [-0.39, 0.29) is 0 Å². The zero-order valence-electron chi connectivity index (χ0n) is 8.96. The third kappa shape index (κ3) is 3.52. The van der Waals surface area contributed by atoms with Crippen LogP contribution in [0.1, 0.15) is 51.9 Å². The van der Waals surface area contributed by atoms with Crippen molar-refractivity contribution in [1.29, 1.82) is 0 Å². The highest BCUT2D eigenvalue weighted by atomic mass is 16.4. The molecule has 0 radical (unpaired) electrons. The SMILES string of the molecule is CCCC(=CC1CCCCC1)C(=O)O.